The Hall–Kier alpha value is -2.92. The average molecular weight is 541 g/mol. The van der Waals surface area contributed by atoms with Gasteiger partial charge in [0.1, 0.15) is 0 Å². The van der Waals surface area contributed by atoms with E-state index in [-0.39, 0.29) is 21.2 Å². The number of carbonyl (C=O) groups excluding carboxylic acids is 2. The van der Waals surface area contributed by atoms with Gasteiger partial charge in [-0.05, 0) is 72.8 Å². The second-order valence-corrected chi connectivity index (χ2v) is 11.4. The van der Waals surface area contributed by atoms with Gasteiger partial charge in [-0.1, -0.05) is 23.2 Å². The number of benzene rings is 3. The molecule has 0 N–H and O–H groups in total. The van der Waals surface area contributed by atoms with E-state index in [1.54, 1.807) is 0 Å². The molecule has 178 valence electrons. The van der Waals surface area contributed by atoms with Crippen LogP contribution in [0.5, 0.6) is 0 Å². The molecule has 0 radical (unpaired) electrons. The van der Waals surface area contributed by atoms with Crippen LogP contribution in [-0.2, 0) is 29.6 Å². The first-order valence-corrected chi connectivity index (χ1v) is 13.2. The van der Waals surface area contributed by atoms with Gasteiger partial charge in [0.2, 0.25) is 11.8 Å². The first kappa shape index (κ1) is 25.7. The van der Waals surface area contributed by atoms with Gasteiger partial charge >= 0.3 is 0 Å². The molecular formula is C22H18Cl2N2O6S2. The van der Waals surface area contributed by atoms with Crippen LogP contribution in [-0.4, -0.2) is 28.6 Å². The molecule has 3 aromatic carbocycles. The molecule has 34 heavy (non-hydrogen) atoms. The van der Waals surface area contributed by atoms with E-state index in [1.807, 2.05) is 0 Å². The predicted octanol–water partition coefficient (Wildman–Crippen LogP) is 4.48. The summed E-state index contributed by atoms with van der Waals surface area (Å²) >= 11 is 11.6. The van der Waals surface area contributed by atoms with Crippen LogP contribution in [0.2, 0.25) is 10.0 Å². The quantitative estimate of drug-likeness (QED) is 0.456. The van der Waals surface area contributed by atoms with Gasteiger partial charge in [0, 0.05) is 23.9 Å². The Bertz CT molecular complexity index is 1330. The fourth-order valence-corrected chi connectivity index (χ4v) is 6.24. The Morgan fingerprint density at radius 3 is 1.06 bits per heavy atom. The lowest BCUT2D eigenvalue weighted by Gasteiger charge is -2.24. The zero-order chi connectivity index (χ0) is 25.3. The topological polar surface area (TPSA) is 109 Å². The van der Waals surface area contributed by atoms with Gasteiger partial charge < -0.3 is 0 Å². The molecule has 0 bridgehead atoms. The minimum absolute atomic E-state index is 0.0430. The van der Waals surface area contributed by atoms with E-state index in [9.17, 15) is 26.4 Å². The lowest BCUT2D eigenvalue weighted by Crippen LogP contribution is -2.36. The molecule has 2 amide bonds. The third kappa shape index (κ3) is 5.10. The van der Waals surface area contributed by atoms with E-state index in [1.165, 1.54) is 72.8 Å². The molecule has 12 heteroatoms. The third-order valence-corrected chi connectivity index (χ3v) is 8.73. The number of rotatable bonds is 6. The Kier molecular flexibility index (Phi) is 7.37. The molecule has 3 rings (SSSR count). The molecule has 3 aromatic rings. The van der Waals surface area contributed by atoms with Crippen molar-refractivity contribution in [1.82, 2.24) is 0 Å². The Labute approximate surface area is 207 Å². The second-order valence-electron chi connectivity index (χ2n) is 7.00. The van der Waals surface area contributed by atoms with Crippen molar-refractivity contribution in [2.24, 2.45) is 0 Å². The summed E-state index contributed by atoms with van der Waals surface area (Å²) in [5.41, 5.74) is -0.0859. The van der Waals surface area contributed by atoms with Gasteiger partial charge in [-0.2, -0.15) is 0 Å². The third-order valence-electron chi connectivity index (χ3n) is 4.59. The first-order chi connectivity index (χ1) is 15.9. The number of nitrogens with zero attached hydrogens (tertiary/aromatic N) is 2. The van der Waals surface area contributed by atoms with Crippen LogP contribution < -0.4 is 8.61 Å². The Morgan fingerprint density at radius 2 is 0.824 bits per heavy atom. The molecule has 0 saturated carbocycles. The van der Waals surface area contributed by atoms with Gasteiger partial charge in [0.25, 0.3) is 20.0 Å². The smallest absolute Gasteiger partial charge is 0.270 e. The first-order valence-electron chi connectivity index (χ1n) is 9.58. The van der Waals surface area contributed by atoms with E-state index >= 15 is 0 Å². The fourth-order valence-electron chi connectivity index (χ4n) is 3.13. The van der Waals surface area contributed by atoms with Crippen molar-refractivity contribution in [3.8, 4) is 0 Å². The zero-order valence-electron chi connectivity index (χ0n) is 17.8. The number of carbonyl (C=O) groups is 2. The Morgan fingerprint density at radius 1 is 0.559 bits per heavy atom. The van der Waals surface area contributed by atoms with Gasteiger partial charge in [-0.25, -0.2) is 25.4 Å². The summed E-state index contributed by atoms with van der Waals surface area (Å²) in [5, 5.41) is 0.646. The van der Waals surface area contributed by atoms with E-state index in [4.69, 9.17) is 23.2 Å². The van der Waals surface area contributed by atoms with Gasteiger partial charge in [-0.15, -0.1) is 0 Å². The molecular weight excluding hydrogens is 523 g/mol. The molecule has 0 aliphatic heterocycles. The summed E-state index contributed by atoms with van der Waals surface area (Å²) in [6, 6.07) is 15.5. The van der Waals surface area contributed by atoms with Crippen LogP contribution >= 0.6 is 23.2 Å². The standard InChI is InChI=1S/C22H18Cl2N2O6S2/c1-15(27)25(33(29,30)21-11-3-17(23)4-12-21)19-7-9-20(10-8-19)26(16(2)28)34(31,32)22-13-5-18(24)6-14-22/h3-14H,1-2H3. The lowest BCUT2D eigenvalue weighted by atomic mass is 10.2. The van der Waals surface area contributed by atoms with Crippen LogP contribution in [0.3, 0.4) is 0 Å². The zero-order valence-corrected chi connectivity index (χ0v) is 21.0. The van der Waals surface area contributed by atoms with Crippen LogP contribution in [0.1, 0.15) is 13.8 Å². The van der Waals surface area contributed by atoms with E-state index in [0.29, 0.717) is 18.7 Å². The molecule has 0 aliphatic carbocycles. The van der Waals surface area contributed by atoms with Crippen molar-refractivity contribution in [3.63, 3.8) is 0 Å². The SMILES string of the molecule is CC(=O)N(c1ccc(N(C(C)=O)S(=O)(=O)c2ccc(Cl)cc2)cc1)S(=O)(=O)c1ccc(Cl)cc1. The minimum atomic E-state index is -4.28. The highest BCUT2D eigenvalue weighted by Crippen LogP contribution is 2.30. The molecule has 0 unspecified atom stereocenters. The van der Waals surface area contributed by atoms with Crippen molar-refractivity contribution < 1.29 is 26.4 Å². The van der Waals surface area contributed by atoms with E-state index in [2.05, 4.69) is 0 Å². The molecule has 8 nitrogen and oxygen atoms in total. The van der Waals surface area contributed by atoms with Crippen LogP contribution in [0.4, 0.5) is 11.4 Å². The average Bonchev–Trinajstić information content (AvgIpc) is 2.75. The van der Waals surface area contributed by atoms with Crippen molar-refractivity contribution in [3.05, 3.63) is 82.8 Å². The lowest BCUT2D eigenvalue weighted by molar-refractivity contribution is -0.116. The summed E-state index contributed by atoms with van der Waals surface area (Å²) in [4.78, 5) is 24.2. The summed E-state index contributed by atoms with van der Waals surface area (Å²) in [6.07, 6.45) is 0. The number of halogens is 2. The largest absolute Gasteiger partial charge is 0.274 e. The molecule has 0 spiro atoms. The molecule has 0 aromatic heterocycles. The van der Waals surface area contributed by atoms with E-state index < -0.39 is 31.9 Å². The van der Waals surface area contributed by atoms with Crippen LogP contribution in [0.25, 0.3) is 0 Å². The van der Waals surface area contributed by atoms with Crippen LogP contribution in [0.15, 0.2) is 82.6 Å². The molecule has 0 fully saturated rings. The van der Waals surface area contributed by atoms with Crippen molar-refractivity contribution in [2.45, 2.75) is 23.6 Å². The van der Waals surface area contributed by atoms with Crippen molar-refractivity contribution in [2.75, 3.05) is 8.61 Å². The van der Waals surface area contributed by atoms with Crippen LogP contribution in [0, 0.1) is 0 Å². The summed E-state index contributed by atoms with van der Waals surface area (Å²) in [6.45, 7) is 2.16. The highest BCUT2D eigenvalue weighted by Gasteiger charge is 2.31. The number of amides is 2. The Balaban J connectivity index is 2.04. The summed E-state index contributed by atoms with van der Waals surface area (Å²) < 4.78 is 53.5. The highest BCUT2D eigenvalue weighted by molar-refractivity contribution is 7.94. The van der Waals surface area contributed by atoms with Crippen molar-refractivity contribution >= 4 is 66.4 Å². The number of sulfonamides is 2. The van der Waals surface area contributed by atoms with Gasteiger partial charge in [0.05, 0.1) is 21.2 Å². The minimum Gasteiger partial charge on any atom is -0.274 e. The maximum Gasteiger partial charge on any atom is 0.270 e. The van der Waals surface area contributed by atoms with Crippen molar-refractivity contribution in [1.29, 1.82) is 0 Å². The summed E-state index contributed by atoms with van der Waals surface area (Å²) in [7, 11) is -8.56. The summed E-state index contributed by atoms with van der Waals surface area (Å²) in [5.74, 6) is -1.58. The molecule has 0 atom stereocenters. The van der Waals surface area contributed by atoms with Gasteiger partial charge in [-0.3, -0.25) is 9.59 Å². The number of hydrogen-bond donors (Lipinski definition) is 0. The highest BCUT2D eigenvalue weighted by atomic mass is 35.5. The maximum absolute atomic E-state index is 13.1. The second kappa shape index (κ2) is 9.75. The normalized spacial score (nSPS) is 11.6. The molecule has 0 aliphatic rings. The molecule has 0 saturated heterocycles. The van der Waals surface area contributed by atoms with Gasteiger partial charge in [0.15, 0.2) is 0 Å². The predicted molar refractivity (Wildman–Crippen MR) is 130 cm³/mol. The number of hydrogen-bond acceptors (Lipinski definition) is 6. The monoisotopic (exact) mass is 540 g/mol. The maximum atomic E-state index is 13.1. The number of anilines is 2. The molecule has 0 heterocycles. The fraction of sp³-hybridized carbons (Fsp3) is 0.0909. The van der Waals surface area contributed by atoms with E-state index in [0.717, 1.165) is 13.8 Å².